The molecule has 0 aromatic heterocycles. The lowest BCUT2D eigenvalue weighted by Crippen LogP contribution is -2.53. The maximum Gasteiger partial charge on any atom is 0.118 e. The van der Waals surface area contributed by atoms with E-state index >= 15 is 0 Å². The summed E-state index contributed by atoms with van der Waals surface area (Å²) < 4.78 is 5.25. The standard InChI is InChI=1S/C15H22O6/c16-10(6-5-9-3-1-2-4-11(9)17)7-13-15(20)14(19)12(18)8-21-13/h1-4,10,12-20H,5-8H2. The Morgan fingerprint density at radius 3 is 2.57 bits per heavy atom. The highest BCUT2D eigenvalue weighted by molar-refractivity contribution is 5.31. The second kappa shape index (κ2) is 7.20. The second-order valence-corrected chi connectivity index (χ2v) is 5.48. The Labute approximate surface area is 123 Å². The van der Waals surface area contributed by atoms with Gasteiger partial charge < -0.3 is 30.3 Å². The summed E-state index contributed by atoms with van der Waals surface area (Å²) >= 11 is 0. The SMILES string of the molecule is Oc1ccccc1CCC(O)CC1OCC(O)C(O)C1O. The molecule has 5 N–H and O–H groups in total. The topological polar surface area (TPSA) is 110 Å². The number of phenols is 1. The maximum absolute atomic E-state index is 10.0. The van der Waals surface area contributed by atoms with Crippen molar-refractivity contribution in [3.8, 4) is 5.75 Å². The van der Waals surface area contributed by atoms with Crippen molar-refractivity contribution in [2.24, 2.45) is 0 Å². The molecule has 0 amide bonds. The van der Waals surface area contributed by atoms with Crippen molar-refractivity contribution < 1.29 is 30.3 Å². The summed E-state index contributed by atoms with van der Waals surface area (Å²) in [5, 5.41) is 48.4. The number of phenolic OH excluding ortho intramolecular Hbond substituents is 1. The number of hydrogen-bond donors (Lipinski definition) is 5. The van der Waals surface area contributed by atoms with E-state index in [1.165, 1.54) is 0 Å². The van der Waals surface area contributed by atoms with Crippen LogP contribution >= 0.6 is 0 Å². The van der Waals surface area contributed by atoms with E-state index in [0.717, 1.165) is 5.56 Å². The van der Waals surface area contributed by atoms with E-state index in [4.69, 9.17) is 4.74 Å². The smallest absolute Gasteiger partial charge is 0.118 e. The average Bonchev–Trinajstić information content (AvgIpc) is 2.47. The van der Waals surface area contributed by atoms with Crippen LogP contribution in [0.2, 0.25) is 0 Å². The molecule has 1 aliphatic heterocycles. The predicted molar refractivity (Wildman–Crippen MR) is 74.8 cm³/mol. The minimum atomic E-state index is -1.26. The Hall–Kier alpha value is -1.18. The van der Waals surface area contributed by atoms with E-state index < -0.39 is 30.5 Å². The summed E-state index contributed by atoms with van der Waals surface area (Å²) in [5.41, 5.74) is 0.747. The molecule has 0 spiro atoms. The minimum absolute atomic E-state index is 0.0604. The molecule has 0 aliphatic carbocycles. The number of aromatic hydroxyl groups is 1. The fourth-order valence-corrected chi connectivity index (χ4v) is 2.50. The van der Waals surface area contributed by atoms with Crippen LogP contribution in [-0.4, -0.2) is 62.7 Å². The molecule has 0 radical (unpaired) electrons. The summed E-state index contributed by atoms with van der Waals surface area (Å²) in [4.78, 5) is 0. The van der Waals surface area contributed by atoms with Gasteiger partial charge in [0.15, 0.2) is 0 Å². The molecular weight excluding hydrogens is 276 g/mol. The van der Waals surface area contributed by atoms with E-state index in [1.54, 1.807) is 18.2 Å². The van der Waals surface area contributed by atoms with Crippen molar-refractivity contribution >= 4 is 0 Å². The van der Waals surface area contributed by atoms with Gasteiger partial charge in [-0.25, -0.2) is 0 Å². The number of ether oxygens (including phenoxy) is 1. The van der Waals surface area contributed by atoms with Gasteiger partial charge in [-0.15, -0.1) is 0 Å². The van der Waals surface area contributed by atoms with Crippen molar-refractivity contribution in [1.82, 2.24) is 0 Å². The third kappa shape index (κ3) is 4.15. The molecule has 2 rings (SSSR count). The van der Waals surface area contributed by atoms with Gasteiger partial charge >= 0.3 is 0 Å². The molecule has 1 aliphatic rings. The van der Waals surface area contributed by atoms with Gasteiger partial charge in [-0.2, -0.15) is 0 Å². The third-order valence-electron chi connectivity index (χ3n) is 3.85. The lowest BCUT2D eigenvalue weighted by atomic mass is 9.94. The molecule has 5 unspecified atom stereocenters. The Morgan fingerprint density at radius 2 is 1.86 bits per heavy atom. The Bertz CT molecular complexity index is 452. The van der Waals surface area contributed by atoms with Crippen LogP contribution in [0.3, 0.4) is 0 Å². The Kier molecular flexibility index (Phi) is 5.55. The Morgan fingerprint density at radius 1 is 1.14 bits per heavy atom. The quantitative estimate of drug-likeness (QED) is 0.504. The molecule has 0 bridgehead atoms. The zero-order chi connectivity index (χ0) is 15.4. The lowest BCUT2D eigenvalue weighted by molar-refractivity contribution is -0.193. The van der Waals surface area contributed by atoms with Crippen LogP contribution in [0.15, 0.2) is 24.3 Å². The van der Waals surface area contributed by atoms with Gasteiger partial charge in [0.25, 0.3) is 0 Å². The predicted octanol–water partition coefficient (Wildman–Crippen LogP) is -0.443. The molecule has 6 heteroatoms. The molecule has 1 aromatic carbocycles. The van der Waals surface area contributed by atoms with Gasteiger partial charge in [-0.1, -0.05) is 18.2 Å². The largest absolute Gasteiger partial charge is 0.508 e. The van der Waals surface area contributed by atoms with Crippen molar-refractivity contribution in [3.63, 3.8) is 0 Å². The molecule has 5 atom stereocenters. The van der Waals surface area contributed by atoms with Crippen LogP contribution < -0.4 is 0 Å². The van der Waals surface area contributed by atoms with Gasteiger partial charge in [-0.3, -0.25) is 0 Å². The van der Waals surface area contributed by atoms with Crippen LogP contribution in [0, 0.1) is 0 Å². The summed E-state index contributed by atoms with van der Waals surface area (Å²) in [5.74, 6) is 0.192. The molecule has 1 heterocycles. The van der Waals surface area contributed by atoms with Crippen molar-refractivity contribution in [3.05, 3.63) is 29.8 Å². The zero-order valence-electron chi connectivity index (χ0n) is 11.7. The fourth-order valence-electron chi connectivity index (χ4n) is 2.50. The van der Waals surface area contributed by atoms with Crippen molar-refractivity contribution in [2.75, 3.05) is 6.61 Å². The van der Waals surface area contributed by atoms with Crippen LogP contribution in [0.5, 0.6) is 5.75 Å². The monoisotopic (exact) mass is 298 g/mol. The van der Waals surface area contributed by atoms with Crippen LogP contribution in [0.1, 0.15) is 18.4 Å². The number of benzene rings is 1. The van der Waals surface area contributed by atoms with E-state index in [1.807, 2.05) is 6.07 Å². The number of rotatable bonds is 5. The average molecular weight is 298 g/mol. The molecule has 1 saturated heterocycles. The van der Waals surface area contributed by atoms with Gasteiger partial charge in [0.2, 0.25) is 0 Å². The maximum atomic E-state index is 10.0. The number of para-hydroxylation sites is 1. The van der Waals surface area contributed by atoms with Crippen LogP contribution in [0.25, 0.3) is 0 Å². The first-order valence-electron chi connectivity index (χ1n) is 7.09. The highest BCUT2D eigenvalue weighted by Gasteiger charge is 2.38. The van der Waals surface area contributed by atoms with E-state index in [0.29, 0.717) is 12.8 Å². The van der Waals surface area contributed by atoms with E-state index in [9.17, 15) is 25.5 Å². The van der Waals surface area contributed by atoms with Crippen LogP contribution in [0.4, 0.5) is 0 Å². The zero-order valence-corrected chi connectivity index (χ0v) is 11.7. The molecule has 1 aromatic rings. The highest BCUT2D eigenvalue weighted by Crippen LogP contribution is 2.22. The summed E-state index contributed by atoms with van der Waals surface area (Å²) in [6, 6.07) is 6.92. The molecule has 1 fully saturated rings. The minimum Gasteiger partial charge on any atom is -0.508 e. The number of hydrogen-bond acceptors (Lipinski definition) is 6. The van der Waals surface area contributed by atoms with Crippen molar-refractivity contribution in [1.29, 1.82) is 0 Å². The lowest BCUT2D eigenvalue weighted by Gasteiger charge is -2.36. The first-order valence-corrected chi connectivity index (χ1v) is 7.09. The third-order valence-corrected chi connectivity index (χ3v) is 3.85. The second-order valence-electron chi connectivity index (χ2n) is 5.48. The fraction of sp³-hybridized carbons (Fsp3) is 0.600. The molecular formula is C15H22O6. The van der Waals surface area contributed by atoms with Gasteiger partial charge in [0.1, 0.15) is 24.1 Å². The molecule has 0 saturated carbocycles. The first kappa shape index (κ1) is 16.2. The molecule has 118 valence electrons. The molecule has 21 heavy (non-hydrogen) atoms. The van der Waals surface area contributed by atoms with Gasteiger partial charge in [-0.05, 0) is 24.5 Å². The summed E-state index contributed by atoms with van der Waals surface area (Å²) in [6.45, 7) is -0.0604. The normalized spacial score (nSPS) is 31.0. The number of aliphatic hydroxyl groups is 4. The summed E-state index contributed by atoms with van der Waals surface area (Å²) in [6.07, 6.45) is -3.94. The van der Waals surface area contributed by atoms with Gasteiger partial charge in [0.05, 0.1) is 18.8 Å². The molecule has 6 nitrogen and oxygen atoms in total. The highest BCUT2D eigenvalue weighted by atomic mass is 16.5. The van der Waals surface area contributed by atoms with Gasteiger partial charge in [0, 0.05) is 6.42 Å². The first-order chi connectivity index (χ1) is 9.99. The Balaban J connectivity index is 1.82. The van der Waals surface area contributed by atoms with Crippen LogP contribution in [-0.2, 0) is 11.2 Å². The number of aliphatic hydroxyl groups excluding tert-OH is 4. The van der Waals surface area contributed by atoms with Crippen molar-refractivity contribution in [2.45, 2.75) is 49.8 Å². The number of aryl methyl sites for hydroxylation is 1. The van der Waals surface area contributed by atoms with E-state index in [2.05, 4.69) is 0 Å². The van der Waals surface area contributed by atoms with E-state index in [-0.39, 0.29) is 18.8 Å². The summed E-state index contributed by atoms with van der Waals surface area (Å²) in [7, 11) is 0.